The molecule has 0 aromatic carbocycles. The maximum absolute atomic E-state index is 12.8. The number of methoxy groups -OCH3 is 1. The van der Waals surface area contributed by atoms with Crippen molar-refractivity contribution in [1.29, 1.82) is 0 Å². The van der Waals surface area contributed by atoms with E-state index in [-0.39, 0.29) is 17.4 Å². The fourth-order valence-corrected chi connectivity index (χ4v) is 6.28. The van der Waals surface area contributed by atoms with Crippen LogP contribution in [-0.4, -0.2) is 81.7 Å². The molecular weight excluding hydrogens is 592 g/mol. The number of nitrogens with one attached hydrogen (secondary N) is 1. The summed E-state index contributed by atoms with van der Waals surface area (Å²) in [6.07, 6.45) is 22.8. The van der Waals surface area contributed by atoms with Crippen molar-refractivity contribution in [1.82, 2.24) is 5.32 Å². The molecule has 1 atom stereocenters. The lowest BCUT2D eigenvalue weighted by atomic mass is 9.93. The van der Waals surface area contributed by atoms with E-state index in [1.54, 1.807) is 0 Å². The second-order valence-electron chi connectivity index (χ2n) is 13.5. The number of ketones is 1. The summed E-state index contributed by atoms with van der Waals surface area (Å²) in [5, 5.41) is 2.97. The lowest BCUT2D eigenvalue weighted by Gasteiger charge is -2.30. The van der Waals surface area contributed by atoms with Gasteiger partial charge in [-0.2, -0.15) is 0 Å². The van der Waals surface area contributed by atoms with Crippen molar-refractivity contribution in [2.45, 2.75) is 155 Å². The Morgan fingerprint density at radius 2 is 1.18 bits per heavy atom. The summed E-state index contributed by atoms with van der Waals surface area (Å²) in [5.41, 5.74) is 0. The molecule has 1 amide bonds. The Kier molecular flexibility index (Phi) is 26.6. The number of quaternary nitrogens is 1. The van der Waals surface area contributed by atoms with Crippen molar-refractivity contribution < 1.29 is 36.6 Å². The second kappa shape index (κ2) is 27.6. The third-order valence-corrected chi connectivity index (χ3v) is 9.51. The highest BCUT2D eigenvalue weighted by Gasteiger charge is 2.26. The first-order chi connectivity index (χ1) is 21.4. The lowest BCUT2D eigenvalue weighted by Crippen LogP contribution is -2.41. The number of rotatable bonds is 32. The Morgan fingerprint density at radius 1 is 0.689 bits per heavy atom. The third kappa shape index (κ3) is 28.4. The number of nitrogens with zero attached hydrogens (tertiary/aromatic N) is 1. The van der Waals surface area contributed by atoms with E-state index in [4.69, 9.17) is 4.74 Å². The Balaban J connectivity index is 3.89. The van der Waals surface area contributed by atoms with Crippen LogP contribution in [0.2, 0.25) is 0 Å². The topological polar surface area (TPSA) is 130 Å². The maximum Gasteiger partial charge on any atom is 0.316 e. The predicted molar refractivity (Wildman–Crippen MR) is 182 cm³/mol. The fraction of sp³-hybridized carbons (Fsp3) is 0.914. The standard InChI is InChI=1S/C35H68N2O7S/c1-5-6-7-8-9-10-14-17-20-27-34(39)36-28-22-21-25-32(35(40)44-4)33(38)26-19-16-13-11-12-15-18-23-29-37(2,3)30-24-31-45(41,42)43/h32H,5-31H2,1-4H3,(H-,36,39,41,42,43)/t32-/m0/s1. The van der Waals surface area contributed by atoms with Gasteiger partial charge in [0.2, 0.25) is 5.91 Å². The molecule has 0 fully saturated rings. The van der Waals surface area contributed by atoms with E-state index in [0.717, 1.165) is 81.7 Å². The molecular formula is C35H68N2O7S. The van der Waals surface area contributed by atoms with E-state index in [1.165, 1.54) is 52.1 Å². The minimum absolute atomic E-state index is 0.0372. The average Bonchev–Trinajstić information content (AvgIpc) is 2.97. The lowest BCUT2D eigenvalue weighted by molar-refractivity contribution is -0.890. The molecule has 0 aliphatic carbocycles. The van der Waals surface area contributed by atoms with Crippen LogP contribution >= 0.6 is 0 Å². The Hall–Kier alpha value is -1.52. The molecule has 0 aliphatic rings. The number of unbranched alkanes of at least 4 members (excludes halogenated alkanes) is 16. The largest absolute Gasteiger partial charge is 0.748 e. The van der Waals surface area contributed by atoms with Crippen molar-refractivity contribution in [3.63, 3.8) is 0 Å². The van der Waals surface area contributed by atoms with Gasteiger partial charge >= 0.3 is 5.97 Å². The summed E-state index contributed by atoms with van der Waals surface area (Å²) >= 11 is 0. The van der Waals surface area contributed by atoms with Gasteiger partial charge in [0, 0.05) is 31.6 Å². The number of hydrogen-bond acceptors (Lipinski definition) is 7. The molecule has 10 heteroatoms. The number of hydrogen-bond donors (Lipinski definition) is 1. The van der Waals surface area contributed by atoms with Crippen LogP contribution in [0.15, 0.2) is 0 Å². The zero-order chi connectivity index (χ0) is 33.8. The molecule has 0 saturated carbocycles. The van der Waals surface area contributed by atoms with E-state index < -0.39 is 22.0 Å². The van der Waals surface area contributed by atoms with Gasteiger partial charge < -0.3 is 19.1 Å². The van der Waals surface area contributed by atoms with Gasteiger partial charge in [0.05, 0.1) is 44.4 Å². The van der Waals surface area contributed by atoms with Gasteiger partial charge in [0.1, 0.15) is 11.7 Å². The van der Waals surface area contributed by atoms with Gasteiger partial charge in [-0.15, -0.1) is 0 Å². The van der Waals surface area contributed by atoms with Gasteiger partial charge in [-0.05, 0) is 38.5 Å². The highest BCUT2D eigenvalue weighted by molar-refractivity contribution is 7.85. The first-order valence-electron chi connectivity index (χ1n) is 18.0. The van der Waals surface area contributed by atoms with Crippen molar-refractivity contribution in [3.05, 3.63) is 0 Å². The molecule has 0 rings (SSSR count). The smallest absolute Gasteiger partial charge is 0.316 e. The quantitative estimate of drug-likeness (QED) is 0.0268. The van der Waals surface area contributed by atoms with E-state index >= 15 is 0 Å². The number of carbonyl (C=O) groups is 3. The number of esters is 1. The van der Waals surface area contributed by atoms with Crippen LogP contribution in [0.25, 0.3) is 0 Å². The van der Waals surface area contributed by atoms with E-state index in [1.807, 2.05) is 0 Å². The molecule has 0 radical (unpaired) electrons. The van der Waals surface area contributed by atoms with Crippen molar-refractivity contribution >= 4 is 27.8 Å². The zero-order valence-corrected chi connectivity index (χ0v) is 30.2. The summed E-state index contributed by atoms with van der Waals surface area (Å²) in [6.45, 7) is 4.46. The Morgan fingerprint density at radius 3 is 1.71 bits per heavy atom. The molecule has 45 heavy (non-hydrogen) atoms. The zero-order valence-electron chi connectivity index (χ0n) is 29.4. The molecule has 1 N–H and O–H groups in total. The minimum atomic E-state index is -4.13. The van der Waals surface area contributed by atoms with Crippen LogP contribution in [-0.2, 0) is 29.2 Å². The molecule has 266 valence electrons. The molecule has 0 saturated heterocycles. The normalized spacial score (nSPS) is 12.6. The molecule has 0 spiro atoms. The maximum atomic E-state index is 12.8. The van der Waals surface area contributed by atoms with Gasteiger partial charge in [0.15, 0.2) is 0 Å². The molecule has 0 aliphatic heterocycles. The SMILES string of the molecule is CCCCCCCCCCCC(=O)NCCCC[C@@H](C(=O)CCCCCCCCCC[N+](C)(C)CCCS(=O)(=O)[O-])C(=O)OC. The third-order valence-electron chi connectivity index (χ3n) is 8.72. The van der Waals surface area contributed by atoms with Crippen molar-refractivity contribution in [2.75, 3.05) is 46.6 Å². The van der Waals surface area contributed by atoms with Gasteiger partial charge in [-0.3, -0.25) is 14.4 Å². The Labute approximate surface area is 276 Å². The first-order valence-corrected chi connectivity index (χ1v) is 19.6. The predicted octanol–water partition coefficient (Wildman–Crippen LogP) is 7.07. The van der Waals surface area contributed by atoms with Crippen LogP contribution in [0.5, 0.6) is 0 Å². The van der Waals surface area contributed by atoms with Crippen LogP contribution < -0.4 is 5.32 Å². The number of ether oxygens (including phenoxy) is 1. The molecule has 9 nitrogen and oxygen atoms in total. The Bertz CT molecular complexity index is 877. The van der Waals surface area contributed by atoms with Crippen LogP contribution in [0.3, 0.4) is 0 Å². The second-order valence-corrected chi connectivity index (χ2v) is 15.1. The fourth-order valence-electron chi connectivity index (χ4n) is 5.79. The summed E-state index contributed by atoms with van der Waals surface area (Å²) < 4.78 is 38.0. The minimum Gasteiger partial charge on any atom is -0.748 e. The summed E-state index contributed by atoms with van der Waals surface area (Å²) in [6, 6.07) is 0. The van der Waals surface area contributed by atoms with Crippen LogP contribution in [0, 0.1) is 5.92 Å². The number of Topliss-reactive ketones (excluding diaryl/α,β-unsaturated/α-hetero) is 1. The van der Waals surface area contributed by atoms with Gasteiger partial charge in [-0.25, -0.2) is 8.42 Å². The molecule has 0 unspecified atom stereocenters. The summed E-state index contributed by atoms with van der Waals surface area (Å²) in [4.78, 5) is 37.1. The highest BCUT2D eigenvalue weighted by atomic mass is 32.2. The molecule has 0 heterocycles. The first kappa shape index (κ1) is 43.5. The summed E-state index contributed by atoms with van der Waals surface area (Å²) in [7, 11) is 1.35. The van der Waals surface area contributed by atoms with E-state index in [9.17, 15) is 27.4 Å². The van der Waals surface area contributed by atoms with Crippen molar-refractivity contribution in [3.8, 4) is 0 Å². The average molecular weight is 661 g/mol. The summed E-state index contributed by atoms with van der Waals surface area (Å²) in [5.74, 6) is -1.40. The van der Waals surface area contributed by atoms with Crippen LogP contribution in [0.1, 0.15) is 155 Å². The van der Waals surface area contributed by atoms with Crippen LogP contribution in [0.4, 0.5) is 0 Å². The number of carbonyl (C=O) groups excluding carboxylic acids is 3. The number of amides is 1. The van der Waals surface area contributed by atoms with E-state index in [2.05, 4.69) is 26.3 Å². The van der Waals surface area contributed by atoms with Crippen molar-refractivity contribution in [2.24, 2.45) is 5.92 Å². The van der Waals surface area contributed by atoms with Gasteiger partial charge in [-0.1, -0.05) is 96.8 Å². The molecule has 0 aromatic heterocycles. The van der Waals surface area contributed by atoms with Gasteiger partial charge in [0.25, 0.3) is 0 Å². The molecule has 0 bridgehead atoms. The van der Waals surface area contributed by atoms with E-state index in [0.29, 0.717) is 45.2 Å². The molecule has 0 aromatic rings. The highest BCUT2D eigenvalue weighted by Crippen LogP contribution is 2.17. The monoisotopic (exact) mass is 660 g/mol.